The number of hydrogen-bond acceptors (Lipinski definition) is 6. The average Bonchev–Trinajstić information content (AvgIpc) is 2.35. The molecule has 0 aromatic carbocycles. The van der Waals surface area contributed by atoms with E-state index >= 15 is 0 Å². The van der Waals surface area contributed by atoms with Crippen molar-refractivity contribution in [2.45, 2.75) is 401 Å². The average molecular weight is 1200 g/mol. The SMILES string of the molecule is CCCCCCCCCCCCCCCCCC[SH](CCCCCCCCCCCCCCCCCC)(OC(=O)CC)(OC(=O)CC)[SH](CCCCCCCCCCCC)(CCCCCCCCCCCC)(CCC(=O)O)CCC(=O)O. The first kappa shape index (κ1) is 80.6. The highest BCUT2D eigenvalue weighted by atomic mass is 33.3. The predicted molar refractivity (Wildman–Crippen MR) is 367 cm³/mol. The van der Waals surface area contributed by atoms with Crippen LogP contribution < -0.4 is 0 Å². The molecule has 0 aliphatic carbocycles. The van der Waals surface area contributed by atoms with Gasteiger partial charge in [-0.25, -0.2) is 16.9 Å². The topological polar surface area (TPSA) is 127 Å². The van der Waals surface area contributed by atoms with Gasteiger partial charge in [-0.05, 0) is 48.7 Å². The summed E-state index contributed by atoms with van der Waals surface area (Å²) in [5, 5.41) is 21.8. The summed E-state index contributed by atoms with van der Waals surface area (Å²) in [6.07, 6.45) is 62.4. The molecule has 0 fully saturated rings. The van der Waals surface area contributed by atoms with Gasteiger partial charge in [0.2, 0.25) is 0 Å². The third kappa shape index (κ3) is 37.3. The summed E-state index contributed by atoms with van der Waals surface area (Å²) in [6.45, 7) is 12.8. The van der Waals surface area contributed by atoms with Crippen molar-refractivity contribution in [3.8, 4) is 0 Å². The minimum absolute atomic E-state index is 0.125. The smallest absolute Gasteiger partial charge is 0.325 e. The van der Waals surface area contributed by atoms with E-state index in [0.29, 0.717) is 23.0 Å². The Hall–Kier alpha value is -1.42. The first-order valence-corrected chi connectivity index (χ1v) is 42.9. The fourth-order valence-electron chi connectivity index (χ4n) is 14.0. The number of rotatable bonds is 67. The van der Waals surface area contributed by atoms with Gasteiger partial charge in [-0.15, -0.1) is 0 Å². The van der Waals surface area contributed by atoms with Gasteiger partial charge in [0.15, 0.2) is 0 Å². The number of carboxylic acid groups (broad SMARTS) is 2. The second-order valence-electron chi connectivity index (χ2n) is 26.4. The molecule has 2 N–H and O–H groups in total. The standard InChI is InChI=1S/C72H146O8S2/c1-7-13-17-21-25-29-33-35-37-39-41-43-47-51-55-59-65-82(79-71(77)11-5,80-72(78)12-6,66-60-56-52-48-44-42-40-38-36-34-30-26-22-18-14-8-2)81(67-61-69(73)74,68-62-70(75)76,63-57-53-49-45-31-27-23-19-15-9-3)64-58-54-50-46-32-28-24-20-16-10-4/h81-82H,7-68H2,1-6H3,(H,73,74)(H,75,76). The lowest BCUT2D eigenvalue weighted by atomic mass is 10.0. The quantitative estimate of drug-likeness (QED) is 0.0269. The van der Waals surface area contributed by atoms with E-state index in [0.717, 1.165) is 103 Å². The maximum Gasteiger partial charge on any atom is 0.325 e. The van der Waals surface area contributed by atoms with Crippen LogP contribution in [0.5, 0.6) is 0 Å². The van der Waals surface area contributed by atoms with Crippen LogP contribution in [0, 0.1) is 0 Å². The van der Waals surface area contributed by atoms with Crippen molar-refractivity contribution < 1.29 is 37.8 Å². The molecule has 0 aliphatic heterocycles. The van der Waals surface area contributed by atoms with Crippen LogP contribution >= 0.6 is 16.9 Å². The highest BCUT2D eigenvalue weighted by Crippen LogP contribution is 3.07. The van der Waals surface area contributed by atoms with E-state index in [1.165, 1.54) is 231 Å². The Balaban J connectivity index is 7.34. The molecule has 10 heteroatoms. The van der Waals surface area contributed by atoms with Crippen LogP contribution in [0.4, 0.5) is 0 Å². The molecule has 0 unspecified atom stereocenters. The molecule has 0 saturated heterocycles. The molecule has 0 amide bonds. The molecular formula is C72H146O8S2. The molecule has 0 aliphatic rings. The number of aliphatic carboxylic acids is 2. The summed E-state index contributed by atoms with van der Waals surface area (Å²) in [7, 11) is -8.66. The van der Waals surface area contributed by atoms with Crippen molar-refractivity contribution >= 4 is 40.8 Å². The maximum atomic E-state index is 14.8. The second kappa shape index (κ2) is 54.9. The van der Waals surface area contributed by atoms with Crippen LogP contribution in [0.1, 0.15) is 401 Å². The fourth-order valence-corrected chi connectivity index (χ4v) is 38.8. The van der Waals surface area contributed by atoms with Gasteiger partial charge < -0.3 is 18.6 Å². The zero-order chi connectivity index (χ0) is 60.5. The molecule has 0 aromatic heterocycles. The van der Waals surface area contributed by atoms with E-state index in [9.17, 15) is 29.4 Å². The van der Waals surface area contributed by atoms with Crippen molar-refractivity contribution in [2.24, 2.45) is 0 Å². The maximum absolute atomic E-state index is 14.8. The Morgan fingerprint density at radius 3 is 0.585 bits per heavy atom. The summed E-state index contributed by atoms with van der Waals surface area (Å²) in [5.74, 6) is 0.230. The molecule has 0 rings (SSSR count). The number of thiol groups is 2. The molecule has 0 bridgehead atoms. The minimum Gasteiger partial charge on any atom is -0.481 e. The first-order valence-electron chi connectivity index (χ1n) is 36.8. The van der Waals surface area contributed by atoms with Gasteiger partial charge in [0.05, 0.1) is 12.8 Å². The van der Waals surface area contributed by atoms with Gasteiger partial charge in [-0.2, -0.15) is 0 Å². The van der Waals surface area contributed by atoms with Crippen molar-refractivity contribution in [1.82, 2.24) is 0 Å². The Morgan fingerprint density at radius 1 is 0.244 bits per heavy atom. The monoisotopic (exact) mass is 1200 g/mol. The van der Waals surface area contributed by atoms with Crippen molar-refractivity contribution in [3.05, 3.63) is 0 Å². The number of unbranched alkanes of at least 4 members (excludes halogenated alkanes) is 48. The van der Waals surface area contributed by atoms with E-state index in [1.807, 2.05) is 13.8 Å². The van der Waals surface area contributed by atoms with Gasteiger partial charge in [-0.3, -0.25) is 19.2 Å². The molecule has 82 heavy (non-hydrogen) atoms. The fraction of sp³-hybridized carbons (Fsp3) is 0.944. The third-order valence-electron chi connectivity index (χ3n) is 19.3. The number of carbonyl (C=O) groups is 4. The Kier molecular flexibility index (Phi) is 54.0. The summed E-state index contributed by atoms with van der Waals surface area (Å²) in [5.41, 5.74) is 0. The van der Waals surface area contributed by atoms with Crippen LogP contribution in [-0.4, -0.2) is 68.6 Å². The van der Waals surface area contributed by atoms with Crippen LogP contribution in [0.2, 0.25) is 0 Å². The molecule has 0 heterocycles. The Morgan fingerprint density at radius 2 is 0.415 bits per heavy atom. The summed E-state index contributed by atoms with van der Waals surface area (Å²) >= 11 is 0. The van der Waals surface area contributed by atoms with Gasteiger partial charge in [0.1, 0.15) is 0 Å². The lowest BCUT2D eigenvalue weighted by Crippen LogP contribution is -2.52. The lowest BCUT2D eigenvalue weighted by molar-refractivity contribution is -0.138. The number of carboxylic acids is 2. The van der Waals surface area contributed by atoms with Gasteiger partial charge in [0, 0.05) is 24.3 Å². The zero-order valence-corrected chi connectivity index (χ0v) is 57.9. The predicted octanol–water partition coefficient (Wildman–Crippen LogP) is 24.1. The van der Waals surface area contributed by atoms with Crippen LogP contribution in [-0.2, 0) is 27.5 Å². The van der Waals surface area contributed by atoms with Gasteiger partial charge >= 0.3 is 23.9 Å². The molecule has 0 saturated carbocycles. The van der Waals surface area contributed by atoms with E-state index in [-0.39, 0.29) is 49.1 Å². The molecule has 0 atom stereocenters. The number of hydrogen-bond donors (Lipinski definition) is 4. The van der Waals surface area contributed by atoms with E-state index < -0.39 is 28.9 Å². The molecular weight excluding hydrogens is 1060 g/mol. The van der Waals surface area contributed by atoms with Crippen molar-refractivity contribution in [3.63, 3.8) is 0 Å². The highest BCUT2D eigenvalue weighted by molar-refractivity contribution is 9.20. The van der Waals surface area contributed by atoms with Crippen LogP contribution in [0.25, 0.3) is 0 Å². The first-order chi connectivity index (χ1) is 39.9. The Labute approximate surface area is 511 Å². The summed E-state index contributed by atoms with van der Waals surface area (Å²) < 4.78 is 15.1. The normalized spacial score (nSPS) is 13.0. The van der Waals surface area contributed by atoms with E-state index in [1.54, 1.807) is 0 Å². The Bertz CT molecular complexity index is 1380. The second-order valence-corrected chi connectivity index (χ2v) is 41.9. The van der Waals surface area contributed by atoms with Gasteiger partial charge in [0.25, 0.3) is 0 Å². The number of carbonyl (C=O) groups excluding carboxylic acids is 2. The molecule has 0 aromatic rings. The van der Waals surface area contributed by atoms with Crippen LogP contribution in [0.15, 0.2) is 0 Å². The zero-order valence-electron chi connectivity index (χ0n) is 56.1. The molecule has 0 radical (unpaired) electrons. The largest absolute Gasteiger partial charge is 0.481 e. The minimum atomic E-state index is -4.63. The highest BCUT2D eigenvalue weighted by Gasteiger charge is 2.62. The molecule has 494 valence electrons. The van der Waals surface area contributed by atoms with Gasteiger partial charge in [-0.1, -0.05) is 350 Å². The van der Waals surface area contributed by atoms with Crippen LogP contribution in [0.3, 0.4) is 0 Å². The third-order valence-corrected chi connectivity index (χ3v) is 42.8. The molecule has 0 spiro atoms. The van der Waals surface area contributed by atoms with E-state index in [4.69, 9.17) is 8.37 Å². The summed E-state index contributed by atoms with van der Waals surface area (Å²) in [6, 6.07) is 0. The molecule has 8 nitrogen and oxygen atoms in total. The van der Waals surface area contributed by atoms with Crippen molar-refractivity contribution in [2.75, 3.05) is 34.5 Å². The van der Waals surface area contributed by atoms with Crippen molar-refractivity contribution in [1.29, 1.82) is 0 Å². The summed E-state index contributed by atoms with van der Waals surface area (Å²) in [4.78, 5) is 56.3. The lowest BCUT2D eigenvalue weighted by Gasteiger charge is -2.90. The van der Waals surface area contributed by atoms with E-state index in [2.05, 4.69) is 27.7 Å².